The fraction of sp³-hybridized carbons (Fsp3) is 0.953. The van der Waals surface area contributed by atoms with Gasteiger partial charge in [-0.05, 0) is 150 Å². The van der Waals surface area contributed by atoms with Crippen molar-refractivity contribution in [2.45, 2.75) is 214 Å². The zero-order chi connectivity index (χ0) is 38.8. The molecule has 3 saturated carbocycles. The summed E-state index contributed by atoms with van der Waals surface area (Å²) in [5.41, 5.74) is 0.203. The molecule has 298 valence electrons. The summed E-state index contributed by atoms with van der Waals surface area (Å²) in [5.74, 6) is -0.397. The van der Waals surface area contributed by atoms with Gasteiger partial charge in [0.05, 0.1) is 12.2 Å². The Kier molecular flexibility index (Phi) is 12.6. The number of halogens is 2. The molecule has 4 nitrogen and oxygen atoms in total. The molecule has 4 aliphatic carbocycles. The van der Waals surface area contributed by atoms with Crippen LogP contribution in [0.1, 0.15) is 148 Å². The lowest BCUT2D eigenvalue weighted by Crippen LogP contribution is -2.60. The van der Waals surface area contributed by atoms with Crippen molar-refractivity contribution < 1.29 is 27.1 Å². The molecular weight excluding hydrogens is 675 g/mol. The number of allylic oxidation sites excluding steroid dienone is 1. The normalized spacial score (nSPS) is 35.1. The molecule has 0 radical (unpaired) electrons. The van der Waals surface area contributed by atoms with Gasteiger partial charge in [-0.15, -0.1) is 0 Å². The third-order valence-corrected chi connectivity index (χ3v) is 25.1. The van der Waals surface area contributed by atoms with Gasteiger partial charge in [0.1, 0.15) is 5.60 Å². The lowest BCUT2D eigenvalue weighted by molar-refractivity contribution is -0.264. The highest BCUT2D eigenvalue weighted by Gasteiger charge is 2.63. The van der Waals surface area contributed by atoms with Gasteiger partial charge in [0, 0.05) is 18.4 Å². The minimum absolute atomic E-state index is 0.00300. The second-order valence-corrected chi connectivity index (χ2v) is 31.0. The van der Waals surface area contributed by atoms with Crippen LogP contribution in [0.25, 0.3) is 0 Å². The topological polar surface area (TPSA) is 36.9 Å². The van der Waals surface area contributed by atoms with Crippen LogP contribution in [-0.2, 0) is 18.3 Å². The summed E-state index contributed by atoms with van der Waals surface area (Å²) in [6.07, 6.45) is 10.6. The largest absolute Gasteiger partial charge is 0.414 e. The molecule has 0 bridgehead atoms. The van der Waals surface area contributed by atoms with Gasteiger partial charge in [-0.1, -0.05) is 74.0 Å². The first-order valence-corrected chi connectivity index (χ1v) is 26.6. The molecule has 0 amide bonds. The smallest absolute Gasteiger partial charge is 0.276 e. The van der Waals surface area contributed by atoms with Crippen LogP contribution in [0.3, 0.4) is 0 Å². The molecule has 10 atom stereocenters. The number of rotatable bonds is 13. The van der Waals surface area contributed by atoms with Crippen LogP contribution in [0.15, 0.2) is 11.6 Å². The van der Waals surface area contributed by atoms with E-state index in [0.29, 0.717) is 36.7 Å². The summed E-state index contributed by atoms with van der Waals surface area (Å²) < 4.78 is 57.3. The summed E-state index contributed by atoms with van der Waals surface area (Å²) >= 11 is 0. The molecule has 0 heterocycles. The second kappa shape index (κ2) is 14.7. The van der Waals surface area contributed by atoms with Crippen molar-refractivity contribution in [2.75, 3.05) is 6.61 Å². The second-order valence-electron chi connectivity index (χ2n) is 21.5. The Morgan fingerprint density at radius 3 is 2.02 bits per heavy atom. The predicted octanol–water partition coefficient (Wildman–Crippen LogP) is 13.2. The zero-order valence-corrected chi connectivity index (χ0v) is 38.2. The highest BCUT2D eigenvalue weighted by molar-refractivity contribution is 6.74. The maximum atomic E-state index is 15.7. The van der Waals surface area contributed by atoms with Gasteiger partial charge in [0.15, 0.2) is 22.9 Å². The number of ether oxygens (including phenoxy) is 2. The first kappa shape index (κ1) is 43.6. The van der Waals surface area contributed by atoms with E-state index >= 15 is 8.78 Å². The van der Waals surface area contributed by atoms with E-state index in [1.807, 2.05) is 6.92 Å². The van der Waals surface area contributed by atoms with E-state index in [-0.39, 0.29) is 45.5 Å². The minimum Gasteiger partial charge on any atom is -0.414 e. The average molecular weight is 755 g/mol. The van der Waals surface area contributed by atoms with E-state index in [1.165, 1.54) is 33.1 Å². The molecule has 0 aliphatic heterocycles. The summed E-state index contributed by atoms with van der Waals surface area (Å²) in [7, 11) is -4.01. The lowest BCUT2D eigenvalue weighted by atomic mass is 9.46. The predicted molar refractivity (Wildman–Crippen MR) is 214 cm³/mol. The third-order valence-electron chi connectivity index (χ3n) is 16.1. The number of hydrogen-bond acceptors (Lipinski definition) is 4. The van der Waals surface area contributed by atoms with Gasteiger partial charge < -0.3 is 18.3 Å². The Bertz CT molecular complexity index is 1240. The molecule has 0 aromatic carbocycles. The number of fused-ring (bicyclic) bond motifs is 5. The molecular formula is C43H80F2O4Si2. The highest BCUT2D eigenvalue weighted by atomic mass is 28.4. The van der Waals surface area contributed by atoms with Crippen molar-refractivity contribution in [3.05, 3.63) is 11.6 Å². The van der Waals surface area contributed by atoms with Crippen LogP contribution >= 0.6 is 0 Å². The monoisotopic (exact) mass is 755 g/mol. The minimum atomic E-state index is -2.94. The molecule has 0 aromatic rings. The van der Waals surface area contributed by atoms with E-state index in [1.54, 1.807) is 12.5 Å². The Balaban J connectivity index is 1.57. The maximum Gasteiger partial charge on any atom is 0.276 e. The molecule has 51 heavy (non-hydrogen) atoms. The third kappa shape index (κ3) is 8.37. The average Bonchev–Trinajstić information content (AvgIpc) is 3.32. The van der Waals surface area contributed by atoms with Crippen molar-refractivity contribution in [2.24, 2.45) is 40.4 Å². The Morgan fingerprint density at radius 2 is 1.45 bits per heavy atom. The van der Waals surface area contributed by atoms with Crippen molar-refractivity contribution in [1.82, 2.24) is 0 Å². The van der Waals surface area contributed by atoms with Crippen LogP contribution in [0.4, 0.5) is 8.78 Å². The summed E-state index contributed by atoms with van der Waals surface area (Å²) in [5, 5.41) is 0.301. The van der Waals surface area contributed by atoms with Crippen molar-refractivity contribution in [3.8, 4) is 0 Å². The molecule has 1 unspecified atom stereocenters. The van der Waals surface area contributed by atoms with Gasteiger partial charge >= 0.3 is 0 Å². The van der Waals surface area contributed by atoms with Crippen molar-refractivity contribution in [3.63, 3.8) is 0 Å². The Labute approximate surface area is 315 Å². The van der Waals surface area contributed by atoms with Crippen LogP contribution in [-0.4, -0.2) is 53.3 Å². The first-order valence-electron chi connectivity index (χ1n) is 20.8. The number of alkyl halides is 2. The summed E-state index contributed by atoms with van der Waals surface area (Å²) in [4.78, 5) is 0. The van der Waals surface area contributed by atoms with Crippen LogP contribution in [0.2, 0.25) is 36.3 Å². The Morgan fingerprint density at radius 1 is 0.863 bits per heavy atom. The summed E-state index contributed by atoms with van der Waals surface area (Å²) in [6.45, 7) is 38.2. The van der Waals surface area contributed by atoms with Gasteiger partial charge in [0.2, 0.25) is 0 Å². The molecule has 4 aliphatic rings. The molecule has 8 heteroatoms. The standard InChI is InChI=1S/C43H80F2O4Si2/c1-18-46-30(3)47-40(10,11)43(44,45)26-23-29(2)34-21-22-35-33-20-19-31-27-32(48-50(14,15)38(4,5)6)28-37(49-51(16,17)39(7,8)9)42(31,13)36(33)24-25-41(34,35)12/h19,29-30,32-37H,18,20-28H2,1-17H3/t29-,30?,32-,33+,34-,35+,36+,37+,41-,42+/m1/s1. The maximum absolute atomic E-state index is 15.7. The van der Waals surface area contributed by atoms with E-state index in [4.69, 9.17) is 18.3 Å². The molecule has 4 rings (SSSR count). The van der Waals surface area contributed by atoms with Gasteiger partial charge in [0.25, 0.3) is 5.92 Å². The van der Waals surface area contributed by atoms with Crippen LogP contribution in [0, 0.1) is 40.4 Å². The van der Waals surface area contributed by atoms with Gasteiger partial charge in [-0.2, -0.15) is 0 Å². The van der Waals surface area contributed by atoms with Gasteiger partial charge in [-0.3, -0.25) is 0 Å². The molecule has 3 fully saturated rings. The quantitative estimate of drug-likeness (QED) is 0.107. The van der Waals surface area contributed by atoms with Crippen molar-refractivity contribution >= 4 is 16.6 Å². The highest BCUT2D eigenvalue weighted by Crippen LogP contribution is 2.68. The van der Waals surface area contributed by atoms with E-state index < -0.39 is 34.4 Å². The van der Waals surface area contributed by atoms with Crippen molar-refractivity contribution in [1.29, 1.82) is 0 Å². The lowest BCUT2D eigenvalue weighted by Gasteiger charge is -2.62. The molecule has 0 spiro atoms. The fourth-order valence-electron chi connectivity index (χ4n) is 10.7. The van der Waals surface area contributed by atoms with E-state index in [2.05, 4.69) is 94.6 Å². The van der Waals surface area contributed by atoms with Crippen LogP contribution < -0.4 is 0 Å². The van der Waals surface area contributed by atoms with E-state index in [0.717, 1.165) is 25.7 Å². The Hall–Kier alpha value is -0.126. The molecule has 0 aromatic heterocycles. The fourth-order valence-corrected chi connectivity index (χ4v) is 13.5. The van der Waals surface area contributed by atoms with Gasteiger partial charge in [-0.25, -0.2) is 8.78 Å². The summed E-state index contributed by atoms with van der Waals surface area (Å²) in [6, 6.07) is 0. The molecule has 0 N–H and O–H groups in total. The number of hydrogen-bond donors (Lipinski definition) is 0. The molecule has 0 saturated heterocycles. The zero-order valence-electron chi connectivity index (χ0n) is 36.2. The first-order chi connectivity index (χ1) is 23.0. The SMILES string of the molecule is CCOC(C)OC(C)(C)C(F)(F)CC[C@@H](C)[C@H]1CC[C@H]2[C@@H]3CC=C4C[C@@H](O[Si](C)(C)C(C)(C)C)C[C@H](O[Si](C)(C)C(C)(C)C)[C@]4(C)[C@H]3CC[C@]12C. The van der Waals surface area contributed by atoms with E-state index in [9.17, 15) is 0 Å². The van der Waals surface area contributed by atoms with Crippen LogP contribution in [0.5, 0.6) is 0 Å².